The summed E-state index contributed by atoms with van der Waals surface area (Å²) < 4.78 is 15.9. The highest BCUT2D eigenvalue weighted by atomic mass is 16.5. The second-order valence-corrected chi connectivity index (χ2v) is 5.93. The molecule has 7 heteroatoms. The Balaban J connectivity index is 1.65. The van der Waals surface area contributed by atoms with E-state index in [1.54, 1.807) is 20.4 Å². The van der Waals surface area contributed by atoms with Crippen molar-refractivity contribution in [2.45, 2.75) is 6.54 Å². The molecule has 0 saturated carbocycles. The van der Waals surface area contributed by atoms with Crippen LogP contribution in [0.2, 0.25) is 0 Å². The minimum atomic E-state index is -0.158. The number of ether oxygens (including phenoxy) is 3. The van der Waals surface area contributed by atoms with Crippen LogP contribution in [0, 0.1) is 0 Å². The van der Waals surface area contributed by atoms with Crippen molar-refractivity contribution < 1.29 is 24.0 Å². The number of H-pyrrole nitrogens is 1. The van der Waals surface area contributed by atoms with Gasteiger partial charge in [-0.15, -0.1) is 0 Å². The summed E-state index contributed by atoms with van der Waals surface area (Å²) in [6.07, 6.45) is 1.79. The summed E-state index contributed by atoms with van der Waals surface area (Å²) in [7, 11) is 3.18. The number of anilines is 1. The van der Waals surface area contributed by atoms with Crippen molar-refractivity contribution in [3.63, 3.8) is 0 Å². The van der Waals surface area contributed by atoms with Gasteiger partial charge in [0.15, 0.2) is 17.7 Å². The van der Waals surface area contributed by atoms with Crippen molar-refractivity contribution in [1.82, 2.24) is 5.32 Å². The number of aromatic nitrogens is 1. The number of rotatable bonds is 6. The summed E-state index contributed by atoms with van der Waals surface area (Å²) in [4.78, 5) is 17.7. The van der Waals surface area contributed by atoms with Crippen LogP contribution in [-0.2, 0) is 11.3 Å². The van der Waals surface area contributed by atoms with Gasteiger partial charge in [-0.05, 0) is 17.7 Å². The molecule has 138 valence electrons. The minimum absolute atomic E-state index is 0.158. The summed E-state index contributed by atoms with van der Waals surface area (Å²) in [6.45, 7) is 3.47. The maximum absolute atomic E-state index is 12.5. The van der Waals surface area contributed by atoms with Crippen LogP contribution < -0.4 is 24.7 Å². The number of nitrogens with zero attached hydrogens (tertiary/aromatic N) is 1. The zero-order valence-electron chi connectivity index (χ0n) is 15.1. The topological polar surface area (TPSA) is 74.2 Å². The summed E-state index contributed by atoms with van der Waals surface area (Å²) >= 11 is 0. The van der Waals surface area contributed by atoms with Gasteiger partial charge < -0.3 is 24.4 Å². The van der Waals surface area contributed by atoms with Crippen LogP contribution >= 0.6 is 0 Å². The number of morpholine rings is 1. The van der Waals surface area contributed by atoms with E-state index in [2.05, 4.69) is 15.2 Å². The third-order valence-electron chi connectivity index (χ3n) is 4.31. The van der Waals surface area contributed by atoms with E-state index in [1.807, 2.05) is 30.3 Å². The van der Waals surface area contributed by atoms with Gasteiger partial charge in [0, 0.05) is 37.5 Å². The first kappa shape index (κ1) is 18.0. The van der Waals surface area contributed by atoms with Gasteiger partial charge in [0.25, 0.3) is 5.69 Å². The van der Waals surface area contributed by atoms with Crippen molar-refractivity contribution in [1.29, 1.82) is 0 Å². The van der Waals surface area contributed by atoms with Crippen LogP contribution in [0.1, 0.15) is 16.1 Å². The molecule has 0 aliphatic carbocycles. The molecule has 3 rings (SSSR count). The molecule has 2 N–H and O–H groups in total. The normalized spacial score (nSPS) is 14.0. The molecule has 0 unspecified atom stereocenters. The molecule has 1 amide bonds. The van der Waals surface area contributed by atoms with Gasteiger partial charge >= 0.3 is 5.91 Å². The number of nitrogens with one attached hydrogen (secondary N) is 2. The van der Waals surface area contributed by atoms with E-state index in [9.17, 15) is 4.79 Å². The van der Waals surface area contributed by atoms with Crippen molar-refractivity contribution in [2.75, 3.05) is 45.4 Å². The SMILES string of the molecule is COc1ccc(CNC(=O)c2cc(N3CCOCC3)cc[nH+]2)cc1OC. The van der Waals surface area contributed by atoms with E-state index in [0.717, 1.165) is 24.3 Å². The van der Waals surface area contributed by atoms with Gasteiger partial charge in [-0.3, -0.25) is 4.79 Å². The van der Waals surface area contributed by atoms with Crippen molar-refractivity contribution >= 4 is 11.6 Å². The predicted octanol–water partition coefficient (Wildman–Crippen LogP) is 1.28. The molecule has 0 radical (unpaired) electrons. The predicted molar refractivity (Wildman–Crippen MR) is 96.7 cm³/mol. The highest BCUT2D eigenvalue weighted by Crippen LogP contribution is 2.27. The minimum Gasteiger partial charge on any atom is -0.493 e. The fraction of sp³-hybridized carbons (Fsp3) is 0.368. The lowest BCUT2D eigenvalue weighted by Gasteiger charge is -2.28. The lowest BCUT2D eigenvalue weighted by molar-refractivity contribution is -0.382. The number of carbonyl (C=O) groups is 1. The third kappa shape index (κ3) is 4.23. The Kier molecular flexibility index (Phi) is 5.91. The number of amides is 1. The number of methoxy groups -OCH3 is 2. The fourth-order valence-corrected chi connectivity index (χ4v) is 2.87. The molecular weight excluding hydrogens is 334 g/mol. The Morgan fingerprint density at radius 3 is 2.65 bits per heavy atom. The van der Waals surface area contributed by atoms with Gasteiger partial charge in [-0.25, -0.2) is 4.98 Å². The van der Waals surface area contributed by atoms with Gasteiger partial charge in [0.05, 0.1) is 27.4 Å². The second-order valence-electron chi connectivity index (χ2n) is 5.93. The molecule has 0 spiro atoms. The monoisotopic (exact) mass is 358 g/mol. The number of carbonyl (C=O) groups excluding carboxylic acids is 1. The summed E-state index contributed by atoms with van der Waals surface area (Å²) in [5.74, 6) is 1.14. The maximum Gasteiger partial charge on any atom is 0.316 e. The van der Waals surface area contributed by atoms with Gasteiger partial charge in [0.2, 0.25) is 0 Å². The molecule has 1 aliphatic rings. The largest absolute Gasteiger partial charge is 0.493 e. The Hall–Kier alpha value is -2.80. The Bertz CT molecular complexity index is 760. The number of hydrogen-bond acceptors (Lipinski definition) is 5. The van der Waals surface area contributed by atoms with Crippen LogP contribution in [-0.4, -0.2) is 46.4 Å². The highest BCUT2D eigenvalue weighted by molar-refractivity contribution is 5.91. The molecule has 1 aromatic carbocycles. The molecule has 26 heavy (non-hydrogen) atoms. The first-order valence-electron chi connectivity index (χ1n) is 8.55. The van der Waals surface area contributed by atoms with E-state index < -0.39 is 0 Å². The van der Waals surface area contributed by atoms with E-state index in [1.165, 1.54) is 0 Å². The number of aromatic amines is 1. The number of pyridine rings is 1. The molecule has 7 nitrogen and oxygen atoms in total. The molecular formula is C19H24N3O4+. The standard InChI is InChI=1S/C19H23N3O4/c1-24-17-4-3-14(11-18(17)25-2)13-21-19(23)16-12-15(5-6-20-16)22-7-9-26-10-8-22/h3-6,11-12H,7-10,13H2,1-2H3,(H,21,23)/p+1. The smallest absolute Gasteiger partial charge is 0.316 e. The first-order valence-corrected chi connectivity index (χ1v) is 8.55. The Morgan fingerprint density at radius 1 is 1.15 bits per heavy atom. The molecule has 2 heterocycles. The van der Waals surface area contributed by atoms with Gasteiger partial charge in [-0.2, -0.15) is 0 Å². The van der Waals surface area contributed by atoms with E-state index in [-0.39, 0.29) is 5.91 Å². The van der Waals surface area contributed by atoms with Crippen molar-refractivity contribution in [3.05, 3.63) is 47.8 Å². The molecule has 1 aliphatic heterocycles. The fourth-order valence-electron chi connectivity index (χ4n) is 2.87. The summed E-state index contributed by atoms with van der Waals surface area (Å²) in [5.41, 5.74) is 2.47. The first-order chi connectivity index (χ1) is 12.7. The lowest BCUT2D eigenvalue weighted by Crippen LogP contribution is -2.37. The van der Waals surface area contributed by atoms with Crippen molar-refractivity contribution in [2.24, 2.45) is 0 Å². The van der Waals surface area contributed by atoms with Crippen LogP contribution in [0.3, 0.4) is 0 Å². The number of hydrogen-bond donors (Lipinski definition) is 1. The van der Waals surface area contributed by atoms with Crippen molar-refractivity contribution in [3.8, 4) is 11.5 Å². The average Bonchev–Trinajstić information content (AvgIpc) is 2.72. The van der Waals surface area contributed by atoms with Gasteiger partial charge in [0.1, 0.15) is 0 Å². The molecule has 2 aromatic rings. The van der Waals surface area contributed by atoms with E-state index in [0.29, 0.717) is 37.0 Å². The van der Waals surface area contributed by atoms with Gasteiger partial charge in [-0.1, -0.05) is 6.07 Å². The summed E-state index contributed by atoms with van der Waals surface area (Å²) in [6, 6.07) is 9.42. The van der Waals surface area contributed by atoms with Crippen LogP contribution in [0.5, 0.6) is 11.5 Å². The zero-order valence-corrected chi connectivity index (χ0v) is 15.1. The summed E-state index contributed by atoms with van der Waals surface area (Å²) in [5, 5.41) is 2.92. The molecule has 1 saturated heterocycles. The highest BCUT2D eigenvalue weighted by Gasteiger charge is 2.18. The van der Waals surface area contributed by atoms with Crippen LogP contribution in [0.25, 0.3) is 0 Å². The van der Waals surface area contributed by atoms with E-state index in [4.69, 9.17) is 14.2 Å². The van der Waals surface area contributed by atoms with Crippen LogP contribution in [0.4, 0.5) is 5.69 Å². The number of benzene rings is 1. The molecule has 1 fully saturated rings. The average molecular weight is 358 g/mol. The quantitative estimate of drug-likeness (QED) is 0.842. The lowest BCUT2D eigenvalue weighted by atomic mass is 10.2. The second kappa shape index (κ2) is 8.53. The maximum atomic E-state index is 12.5. The van der Waals surface area contributed by atoms with E-state index >= 15 is 0 Å². The molecule has 0 atom stereocenters. The molecule has 0 bridgehead atoms. The zero-order chi connectivity index (χ0) is 18.4. The van der Waals surface area contributed by atoms with Crippen LogP contribution in [0.15, 0.2) is 36.5 Å². The Morgan fingerprint density at radius 2 is 1.92 bits per heavy atom. The third-order valence-corrected chi connectivity index (χ3v) is 4.31. The molecule has 1 aromatic heterocycles. The Labute approximate surface area is 152 Å².